The Balaban J connectivity index is 1.59. The maximum absolute atomic E-state index is 13.7. The third-order valence-electron chi connectivity index (χ3n) is 5.70. The summed E-state index contributed by atoms with van der Waals surface area (Å²) in [4.78, 5) is 27.6. The SMILES string of the molecule is CCOCCCNC(=O)C1CCN(C(=O)[C@H](Cc2cccc(F)c2)n2nnnc2C)CC1. The van der Waals surface area contributed by atoms with E-state index in [4.69, 9.17) is 4.74 Å². The first-order valence-electron chi connectivity index (χ1n) is 11.1. The molecule has 0 saturated carbocycles. The zero-order valence-electron chi connectivity index (χ0n) is 18.7. The van der Waals surface area contributed by atoms with Crippen LogP contribution < -0.4 is 5.32 Å². The number of piperidine rings is 1. The number of rotatable bonds is 10. The predicted molar refractivity (Wildman–Crippen MR) is 115 cm³/mol. The smallest absolute Gasteiger partial charge is 0.247 e. The van der Waals surface area contributed by atoms with E-state index in [0.717, 1.165) is 6.42 Å². The van der Waals surface area contributed by atoms with Crippen LogP contribution in [0.5, 0.6) is 0 Å². The number of hydrogen-bond donors (Lipinski definition) is 1. The molecule has 2 amide bonds. The summed E-state index contributed by atoms with van der Waals surface area (Å²) in [5.74, 6) is -0.0414. The summed E-state index contributed by atoms with van der Waals surface area (Å²) in [6.45, 7) is 6.53. The molecule has 0 spiro atoms. The van der Waals surface area contributed by atoms with Crippen LogP contribution in [-0.4, -0.2) is 69.8 Å². The quantitative estimate of drug-likeness (QED) is 0.557. The summed E-state index contributed by atoms with van der Waals surface area (Å²) < 4.78 is 20.4. The lowest BCUT2D eigenvalue weighted by atomic mass is 9.94. The molecule has 32 heavy (non-hydrogen) atoms. The van der Waals surface area contributed by atoms with Crippen LogP contribution in [0.3, 0.4) is 0 Å². The Kier molecular flexibility index (Phi) is 8.66. The maximum Gasteiger partial charge on any atom is 0.247 e. The van der Waals surface area contributed by atoms with E-state index < -0.39 is 6.04 Å². The van der Waals surface area contributed by atoms with E-state index in [9.17, 15) is 14.0 Å². The van der Waals surface area contributed by atoms with Gasteiger partial charge in [-0.05, 0) is 61.2 Å². The van der Waals surface area contributed by atoms with Crippen molar-refractivity contribution in [3.8, 4) is 0 Å². The van der Waals surface area contributed by atoms with E-state index in [1.165, 1.54) is 16.8 Å². The van der Waals surface area contributed by atoms with E-state index in [1.54, 1.807) is 24.0 Å². The van der Waals surface area contributed by atoms with Crippen molar-refractivity contribution in [1.82, 2.24) is 30.4 Å². The van der Waals surface area contributed by atoms with Gasteiger partial charge in [0, 0.05) is 45.2 Å². The molecule has 9 nitrogen and oxygen atoms in total. The highest BCUT2D eigenvalue weighted by molar-refractivity contribution is 5.82. The Labute approximate surface area is 187 Å². The minimum Gasteiger partial charge on any atom is -0.382 e. The number of ether oxygens (including phenoxy) is 1. The van der Waals surface area contributed by atoms with Gasteiger partial charge in [-0.25, -0.2) is 9.07 Å². The van der Waals surface area contributed by atoms with Gasteiger partial charge >= 0.3 is 0 Å². The molecule has 1 N–H and O–H groups in total. The molecular weight excluding hydrogens is 415 g/mol. The average molecular weight is 447 g/mol. The third kappa shape index (κ3) is 6.32. The number of carbonyl (C=O) groups excluding carboxylic acids is 2. The van der Waals surface area contributed by atoms with E-state index in [0.29, 0.717) is 57.1 Å². The topological polar surface area (TPSA) is 102 Å². The molecule has 1 fully saturated rings. The summed E-state index contributed by atoms with van der Waals surface area (Å²) in [5, 5.41) is 14.5. The molecule has 1 saturated heterocycles. The van der Waals surface area contributed by atoms with Gasteiger partial charge in [0.1, 0.15) is 17.7 Å². The van der Waals surface area contributed by atoms with Gasteiger partial charge < -0.3 is 15.0 Å². The van der Waals surface area contributed by atoms with Crippen molar-refractivity contribution in [2.75, 3.05) is 32.8 Å². The molecule has 0 aliphatic carbocycles. The third-order valence-corrected chi connectivity index (χ3v) is 5.70. The fourth-order valence-corrected chi connectivity index (χ4v) is 3.94. The standard InChI is InChI=1S/C22H31FN6O3/c1-3-32-13-5-10-24-21(30)18-8-11-28(12-9-18)22(31)20(29-16(2)25-26-27-29)15-17-6-4-7-19(23)14-17/h4,6-7,14,18,20H,3,5,8-13,15H2,1-2H3,(H,24,30)/t20-/m0/s1. The van der Waals surface area contributed by atoms with Crippen molar-refractivity contribution in [3.05, 3.63) is 41.5 Å². The fraction of sp³-hybridized carbons (Fsp3) is 0.591. The van der Waals surface area contributed by atoms with Gasteiger partial charge in [0.05, 0.1) is 0 Å². The molecule has 2 aromatic rings. The zero-order chi connectivity index (χ0) is 22.9. The van der Waals surface area contributed by atoms with Gasteiger partial charge in [-0.15, -0.1) is 5.10 Å². The van der Waals surface area contributed by atoms with Crippen LogP contribution in [0, 0.1) is 18.7 Å². The molecule has 1 atom stereocenters. The highest BCUT2D eigenvalue weighted by atomic mass is 19.1. The monoisotopic (exact) mass is 446 g/mol. The summed E-state index contributed by atoms with van der Waals surface area (Å²) in [6.07, 6.45) is 2.27. The molecular formula is C22H31FN6O3. The molecule has 1 aromatic carbocycles. The van der Waals surface area contributed by atoms with Gasteiger partial charge in [-0.3, -0.25) is 9.59 Å². The number of carbonyl (C=O) groups is 2. The Hall–Kier alpha value is -2.88. The number of aromatic nitrogens is 4. The number of aryl methyl sites for hydroxylation is 1. The summed E-state index contributed by atoms with van der Waals surface area (Å²) >= 11 is 0. The largest absolute Gasteiger partial charge is 0.382 e. The number of halogens is 1. The molecule has 1 aliphatic rings. The molecule has 10 heteroatoms. The lowest BCUT2D eigenvalue weighted by molar-refractivity contribution is -0.138. The Morgan fingerprint density at radius 1 is 1.31 bits per heavy atom. The fourth-order valence-electron chi connectivity index (χ4n) is 3.94. The Morgan fingerprint density at radius 3 is 2.75 bits per heavy atom. The van der Waals surface area contributed by atoms with Crippen LogP contribution in [0.2, 0.25) is 0 Å². The molecule has 0 radical (unpaired) electrons. The van der Waals surface area contributed by atoms with E-state index in [2.05, 4.69) is 20.8 Å². The molecule has 0 bridgehead atoms. The van der Waals surface area contributed by atoms with E-state index in [-0.39, 0.29) is 30.0 Å². The first-order valence-corrected chi connectivity index (χ1v) is 11.1. The van der Waals surface area contributed by atoms with Gasteiger partial charge in [0.2, 0.25) is 11.8 Å². The lowest BCUT2D eigenvalue weighted by Crippen LogP contribution is -2.46. The zero-order valence-corrected chi connectivity index (χ0v) is 18.7. The number of nitrogens with zero attached hydrogens (tertiary/aromatic N) is 5. The van der Waals surface area contributed by atoms with E-state index in [1.807, 2.05) is 6.92 Å². The van der Waals surface area contributed by atoms with Crippen molar-refractivity contribution >= 4 is 11.8 Å². The summed E-state index contributed by atoms with van der Waals surface area (Å²) in [6, 6.07) is 5.52. The number of amides is 2. The summed E-state index contributed by atoms with van der Waals surface area (Å²) in [5.41, 5.74) is 0.694. The molecule has 2 heterocycles. The first-order chi connectivity index (χ1) is 15.5. The average Bonchev–Trinajstić information content (AvgIpc) is 3.22. The van der Waals surface area contributed by atoms with Gasteiger partial charge in [-0.2, -0.15) is 0 Å². The van der Waals surface area contributed by atoms with Crippen molar-refractivity contribution in [1.29, 1.82) is 0 Å². The number of likely N-dealkylation sites (tertiary alicyclic amines) is 1. The van der Waals surface area contributed by atoms with Crippen LogP contribution in [0.4, 0.5) is 4.39 Å². The second-order valence-corrected chi connectivity index (χ2v) is 7.96. The van der Waals surface area contributed by atoms with Crippen LogP contribution in [0.25, 0.3) is 0 Å². The lowest BCUT2D eigenvalue weighted by Gasteiger charge is -2.33. The highest BCUT2D eigenvalue weighted by Crippen LogP contribution is 2.23. The summed E-state index contributed by atoms with van der Waals surface area (Å²) in [7, 11) is 0. The Bertz CT molecular complexity index is 897. The predicted octanol–water partition coefficient (Wildman–Crippen LogP) is 1.69. The molecule has 3 rings (SSSR count). The van der Waals surface area contributed by atoms with Crippen molar-refractivity contribution in [2.24, 2.45) is 5.92 Å². The molecule has 0 unspecified atom stereocenters. The molecule has 174 valence electrons. The maximum atomic E-state index is 13.7. The highest BCUT2D eigenvalue weighted by Gasteiger charge is 2.33. The van der Waals surface area contributed by atoms with Crippen molar-refractivity contribution < 1.29 is 18.7 Å². The normalized spacial score (nSPS) is 15.5. The van der Waals surface area contributed by atoms with E-state index >= 15 is 0 Å². The van der Waals surface area contributed by atoms with Crippen LogP contribution >= 0.6 is 0 Å². The second-order valence-electron chi connectivity index (χ2n) is 7.96. The van der Waals surface area contributed by atoms with Gasteiger partial charge in [0.15, 0.2) is 0 Å². The number of tetrazole rings is 1. The first kappa shape index (κ1) is 23.8. The number of benzene rings is 1. The number of hydrogen-bond acceptors (Lipinski definition) is 6. The van der Waals surface area contributed by atoms with Crippen molar-refractivity contribution in [2.45, 2.75) is 45.6 Å². The van der Waals surface area contributed by atoms with Crippen LogP contribution in [0.15, 0.2) is 24.3 Å². The minimum atomic E-state index is -0.671. The number of nitrogens with one attached hydrogen (secondary N) is 1. The Morgan fingerprint density at radius 2 is 2.09 bits per heavy atom. The van der Waals surface area contributed by atoms with Crippen molar-refractivity contribution in [3.63, 3.8) is 0 Å². The van der Waals surface area contributed by atoms with Gasteiger partial charge in [0.25, 0.3) is 0 Å². The van der Waals surface area contributed by atoms with Crippen LogP contribution in [0.1, 0.15) is 43.6 Å². The molecule has 1 aromatic heterocycles. The minimum absolute atomic E-state index is 0.0289. The molecule has 1 aliphatic heterocycles. The van der Waals surface area contributed by atoms with Gasteiger partial charge in [-0.1, -0.05) is 12.1 Å². The second kappa shape index (κ2) is 11.7. The van der Waals surface area contributed by atoms with Crippen LogP contribution in [-0.2, 0) is 20.7 Å².